The number of benzene rings is 1. The van der Waals surface area contributed by atoms with Crippen molar-refractivity contribution in [1.29, 1.82) is 0 Å². The van der Waals surface area contributed by atoms with Crippen LogP contribution in [0, 0.1) is 11.7 Å². The Labute approximate surface area is 115 Å². The molecule has 2 nitrogen and oxygen atoms in total. The summed E-state index contributed by atoms with van der Waals surface area (Å²) in [5.74, 6) is 5.15. The van der Waals surface area contributed by atoms with Crippen LogP contribution in [0.5, 0.6) is 0 Å². The minimum atomic E-state index is -4.48. The molecule has 0 bridgehead atoms. The van der Waals surface area contributed by atoms with Crippen molar-refractivity contribution in [3.05, 3.63) is 35.1 Å². The van der Waals surface area contributed by atoms with Gasteiger partial charge in [-0.05, 0) is 30.5 Å². The van der Waals surface area contributed by atoms with Gasteiger partial charge in [0, 0.05) is 11.6 Å². The summed E-state index contributed by atoms with van der Waals surface area (Å²) >= 11 is 0. The molecule has 20 heavy (non-hydrogen) atoms. The number of alkyl halides is 3. The summed E-state index contributed by atoms with van der Waals surface area (Å²) in [4.78, 5) is 0. The molecule has 1 aromatic carbocycles. The van der Waals surface area contributed by atoms with Crippen LogP contribution in [0.1, 0.15) is 49.3 Å². The zero-order chi connectivity index (χ0) is 14.8. The Bertz CT molecular complexity index is 453. The molecule has 0 aliphatic heterocycles. The lowest BCUT2D eigenvalue weighted by Crippen LogP contribution is -2.30. The van der Waals surface area contributed by atoms with Gasteiger partial charge in [-0.1, -0.05) is 25.7 Å². The molecule has 1 aromatic rings. The zero-order valence-corrected chi connectivity index (χ0v) is 11.0. The summed E-state index contributed by atoms with van der Waals surface area (Å²) in [6.07, 6.45) is 0.376. The fourth-order valence-corrected chi connectivity index (χ4v) is 2.85. The standard InChI is InChI=1S/C14H18F4N2/c15-12-6-5-10(14(16,17)18)8-11(12)13(20-19)7-9-3-1-2-4-9/h5-6,8-9,13,20H,1-4,7,19H2. The maximum atomic E-state index is 13.8. The van der Waals surface area contributed by atoms with E-state index < -0.39 is 23.6 Å². The Morgan fingerprint density at radius 3 is 2.45 bits per heavy atom. The van der Waals surface area contributed by atoms with E-state index in [0.717, 1.165) is 43.9 Å². The summed E-state index contributed by atoms with van der Waals surface area (Å²) < 4.78 is 51.9. The van der Waals surface area contributed by atoms with Crippen molar-refractivity contribution >= 4 is 0 Å². The van der Waals surface area contributed by atoms with Gasteiger partial charge in [-0.3, -0.25) is 11.3 Å². The van der Waals surface area contributed by atoms with E-state index in [1.54, 1.807) is 0 Å². The van der Waals surface area contributed by atoms with Gasteiger partial charge < -0.3 is 0 Å². The Morgan fingerprint density at radius 2 is 1.90 bits per heavy atom. The highest BCUT2D eigenvalue weighted by Crippen LogP contribution is 2.36. The van der Waals surface area contributed by atoms with Gasteiger partial charge in [-0.25, -0.2) is 4.39 Å². The molecule has 0 spiro atoms. The molecule has 1 fully saturated rings. The minimum Gasteiger partial charge on any atom is -0.271 e. The quantitative estimate of drug-likeness (QED) is 0.501. The summed E-state index contributed by atoms with van der Waals surface area (Å²) in [5.41, 5.74) is 1.61. The normalized spacial score (nSPS) is 18.4. The number of rotatable bonds is 4. The van der Waals surface area contributed by atoms with E-state index in [1.807, 2.05) is 0 Å². The Kier molecular flexibility index (Phi) is 4.65. The van der Waals surface area contributed by atoms with Gasteiger partial charge in [0.05, 0.1) is 5.56 Å². The van der Waals surface area contributed by atoms with E-state index in [0.29, 0.717) is 12.3 Å². The SMILES string of the molecule is NNC(CC1CCCC1)c1cc(C(F)(F)F)ccc1F. The van der Waals surface area contributed by atoms with E-state index in [9.17, 15) is 17.6 Å². The van der Waals surface area contributed by atoms with Crippen LogP contribution in [-0.4, -0.2) is 0 Å². The van der Waals surface area contributed by atoms with E-state index >= 15 is 0 Å². The molecule has 1 aliphatic carbocycles. The number of hydrogen-bond acceptors (Lipinski definition) is 2. The fourth-order valence-electron chi connectivity index (χ4n) is 2.85. The Morgan fingerprint density at radius 1 is 1.25 bits per heavy atom. The van der Waals surface area contributed by atoms with Crippen LogP contribution in [-0.2, 0) is 6.18 Å². The van der Waals surface area contributed by atoms with Gasteiger partial charge in [0.2, 0.25) is 0 Å². The molecule has 0 saturated heterocycles. The molecule has 0 amide bonds. The number of nitrogens with two attached hydrogens (primary N) is 1. The first-order valence-electron chi connectivity index (χ1n) is 6.74. The number of hydrogen-bond donors (Lipinski definition) is 2. The second kappa shape index (κ2) is 6.10. The van der Waals surface area contributed by atoms with Crippen LogP contribution >= 0.6 is 0 Å². The third kappa shape index (κ3) is 3.49. The van der Waals surface area contributed by atoms with Crippen LogP contribution in [0.4, 0.5) is 17.6 Å². The second-order valence-corrected chi connectivity index (χ2v) is 5.34. The summed E-state index contributed by atoms with van der Waals surface area (Å²) in [7, 11) is 0. The van der Waals surface area contributed by atoms with E-state index in [-0.39, 0.29) is 5.56 Å². The van der Waals surface area contributed by atoms with Crippen LogP contribution < -0.4 is 11.3 Å². The van der Waals surface area contributed by atoms with Crippen LogP contribution in [0.25, 0.3) is 0 Å². The van der Waals surface area contributed by atoms with Crippen LogP contribution in [0.2, 0.25) is 0 Å². The van der Waals surface area contributed by atoms with Crippen molar-refractivity contribution in [3.8, 4) is 0 Å². The van der Waals surface area contributed by atoms with Crippen molar-refractivity contribution in [3.63, 3.8) is 0 Å². The molecule has 6 heteroatoms. The molecule has 2 rings (SSSR count). The maximum Gasteiger partial charge on any atom is 0.416 e. The Hall–Kier alpha value is -1.14. The predicted molar refractivity (Wildman–Crippen MR) is 68.0 cm³/mol. The van der Waals surface area contributed by atoms with Crippen LogP contribution in [0.15, 0.2) is 18.2 Å². The van der Waals surface area contributed by atoms with Gasteiger partial charge in [0.1, 0.15) is 5.82 Å². The maximum absolute atomic E-state index is 13.8. The number of nitrogens with one attached hydrogen (secondary N) is 1. The molecule has 1 unspecified atom stereocenters. The lowest BCUT2D eigenvalue weighted by Gasteiger charge is -2.21. The largest absolute Gasteiger partial charge is 0.416 e. The van der Waals surface area contributed by atoms with E-state index in [4.69, 9.17) is 5.84 Å². The first-order chi connectivity index (χ1) is 9.41. The molecule has 0 heterocycles. The highest BCUT2D eigenvalue weighted by molar-refractivity contribution is 5.29. The van der Waals surface area contributed by atoms with E-state index in [1.165, 1.54) is 0 Å². The molecule has 0 aromatic heterocycles. The topological polar surface area (TPSA) is 38.0 Å². The molecule has 1 aliphatic rings. The number of hydrazine groups is 1. The molecular formula is C14H18F4N2. The van der Waals surface area contributed by atoms with Gasteiger partial charge in [-0.2, -0.15) is 13.2 Å². The molecule has 112 valence electrons. The highest BCUT2D eigenvalue weighted by atomic mass is 19.4. The van der Waals surface area contributed by atoms with Crippen molar-refractivity contribution in [2.45, 2.75) is 44.3 Å². The molecule has 1 atom stereocenters. The average Bonchev–Trinajstić information content (AvgIpc) is 2.88. The van der Waals surface area contributed by atoms with Gasteiger partial charge in [0.15, 0.2) is 0 Å². The minimum absolute atomic E-state index is 0.00535. The predicted octanol–water partition coefficient (Wildman–Crippen LogP) is 3.93. The second-order valence-electron chi connectivity index (χ2n) is 5.34. The van der Waals surface area contributed by atoms with Gasteiger partial charge in [0.25, 0.3) is 0 Å². The third-order valence-corrected chi connectivity index (χ3v) is 3.94. The van der Waals surface area contributed by atoms with Crippen molar-refractivity contribution in [2.75, 3.05) is 0 Å². The molecular weight excluding hydrogens is 272 g/mol. The smallest absolute Gasteiger partial charge is 0.271 e. The first-order valence-corrected chi connectivity index (χ1v) is 6.74. The van der Waals surface area contributed by atoms with Crippen LogP contribution in [0.3, 0.4) is 0 Å². The first kappa shape index (κ1) is 15.3. The lowest BCUT2D eigenvalue weighted by molar-refractivity contribution is -0.137. The van der Waals surface area contributed by atoms with Crippen molar-refractivity contribution < 1.29 is 17.6 Å². The van der Waals surface area contributed by atoms with Gasteiger partial charge in [-0.15, -0.1) is 0 Å². The van der Waals surface area contributed by atoms with Crippen molar-refractivity contribution in [2.24, 2.45) is 11.8 Å². The lowest BCUT2D eigenvalue weighted by atomic mass is 9.92. The molecule has 1 saturated carbocycles. The van der Waals surface area contributed by atoms with Crippen molar-refractivity contribution in [1.82, 2.24) is 5.43 Å². The zero-order valence-electron chi connectivity index (χ0n) is 11.0. The average molecular weight is 290 g/mol. The third-order valence-electron chi connectivity index (χ3n) is 3.94. The summed E-state index contributed by atoms with van der Waals surface area (Å²) in [6, 6.07) is 1.88. The van der Waals surface area contributed by atoms with Gasteiger partial charge >= 0.3 is 6.18 Å². The fraction of sp³-hybridized carbons (Fsp3) is 0.571. The molecule has 0 radical (unpaired) electrons. The molecule has 3 N–H and O–H groups in total. The number of halogens is 4. The monoisotopic (exact) mass is 290 g/mol. The Balaban J connectivity index is 2.23. The summed E-state index contributed by atoms with van der Waals surface area (Å²) in [5, 5.41) is 0. The summed E-state index contributed by atoms with van der Waals surface area (Å²) in [6.45, 7) is 0. The van der Waals surface area contributed by atoms with E-state index in [2.05, 4.69) is 5.43 Å². The highest BCUT2D eigenvalue weighted by Gasteiger charge is 2.32.